The van der Waals surface area contributed by atoms with Crippen molar-refractivity contribution in [2.45, 2.75) is 145 Å². The van der Waals surface area contributed by atoms with Crippen LogP contribution in [0.15, 0.2) is 0 Å². The highest BCUT2D eigenvalue weighted by Crippen LogP contribution is 2.92. The second-order valence-electron chi connectivity index (χ2n) is 18.0. The van der Waals surface area contributed by atoms with Gasteiger partial charge >= 0.3 is 0 Å². The molecule has 0 spiro atoms. The van der Waals surface area contributed by atoms with Crippen molar-refractivity contribution in [1.82, 2.24) is 0 Å². The van der Waals surface area contributed by atoms with Crippen molar-refractivity contribution in [2.75, 3.05) is 6.61 Å². The maximum absolute atomic E-state index is 6.91. The molecule has 0 radical (unpaired) electrons. The lowest BCUT2D eigenvalue weighted by Gasteiger charge is -2.89. The van der Waals surface area contributed by atoms with Gasteiger partial charge in [0.05, 0.1) is 6.10 Å². The van der Waals surface area contributed by atoms with E-state index in [-0.39, 0.29) is 0 Å². The summed E-state index contributed by atoms with van der Waals surface area (Å²) in [5.41, 5.74) is 3.41. The molecule has 10 aliphatic rings. The van der Waals surface area contributed by atoms with Crippen LogP contribution in [0, 0.1) is 67.0 Å². The molecular formula is C35H58O. The van der Waals surface area contributed by atoms with Crippen molar-refractivity contribution in [2.24, 2.45) is 67.0 Å². The average Bonchev–Trinajstić information content (AvgIpc) is 2.83. The van der Waals surface area contributed by atoms with Crippen LogP contribution in [-0.2, 0) is 4.74 Å². The van der Waals surface area contributed by atoms with Crippen molar-refractivity contribution in [3.63, 3.8) is 0 Å². The van der Waals surface area contributed by atoms with Gasteiger partial charge in [0.15, 0.2) is 0 Å². The number of hydrogen-bond acceptors (Lipinski definition) is 1. The monoisotopic (exact) mass is 494 g/mol. The topological polar surface area (TPSA) is 9.23 Å². The van der Waals surface area contributed by atoms with Crippen LogP contribution in [0.4, 0.5) is 0 Å². The number of hydrogen-bond donors (Lipinski definition) is 0. The van der Waals surface area contributed by atoms with E-state index >= 15 is 0 Å². The SMILES string of the molecule is CC1(C)C2CCC(C)(C3(C)CCC4CC3(C3(C)CCC5CC3(C3CCCCO3)C5(C)C)C4(C)C)C1C2. The van der Waals surface area contributed by atoms with Gasteiger partial charge in [-0.25, -0.2) is 0 Å². The molecule has 204 valence electrons. The fourth-order valence-electron chi connectivity index (χ4n) is 15.2. The first-order chi connectivity index (χ1) is 16.7. The minimum absolute atomic E-state index is 0.354. The normalized spacial score (nSPS) is 59.8. The lowest BCUT2D eigenvalue weighted by Crippen LogP contribution is -2.84. The Morgan fingerprint density at radius 2 is 1.25 bits per heavy atom. The predicted molar refractivity (Wildman–Crippen MR) is 150 cm³/mol. The summed E-state index contributed by atoms with van der Waals surface area (Å²) in [5.74, 6) is 3.74. The summed E-state index contributed by atoms with van der Waals surface area (Å²) in [5, 5.41) is 0. The molecule has 1 nitrogen and oxygen atoms in total. The van der Waals surface area contributed by atoms with Gasteiger partial charge in [-0.1, -0.05) is 62.3 Å². The Labute approximate surface area is 223 Å². The molecule has 1 aliphatic heterocycles. The quantitative estimate of drug-likeness (QED) is 0.379. The van der Waals surface area contributed by atoms with E-state index in [1.807, 2.05) is 0 Å². The van der Waals surface area contributed by atoms with Gasteiger partial charge < -0.3 is 4.74 Å². The second kappa shape index (κ2) is 6.81. The molecule has 0 aromatic heterocycles. The first-order valence-electron chi connectivity index (χ1n) is 16.3. The van der Waals surface area contributed by atoms with Gasteiger partial charge in [0.1, 0.15) is 0 Å². The van der Waals surface area contributed by atoms with E-state index in [1.54, 1.807) is 0 Å². The summed E-state index contributed by atoms with van der Waals surface area (Å²) < 4.78 is 6.91. The highest BCUT2D eigenvalue weighted by Gasteiger charge is 2.87. The molecule has 1 heteroatoms. The van der Waals surface area contributed by atoms with Crippen LogP contribution in [0.3, 0.4) is 0 Å². The molecule has 0 aromatic carbocycles. The molecule has 0 amide bonds. The van der Waals surface area contributed by atoms with E-state index < -0.39 is 0 Å². The van der Waals surface area contributed by atoms with E-state index in [4.69, 9.17) is 4.74 Å². The molecule has 0 N–H and O–H groups in total. The Morgan fingerprint density at radius 1 is 0.611 bits per heavy atom. The lowest BCUT2D eigenvalue weighted by molar-refractivity contribution is -0.425. The standard InChI is InChI=1S/C35H58O/c1-28(2)23-13-16-31(7,26(28)20-23)32(8)17-14-25-22-35(32,30(25,5)6)33(9)18-15-24-21-34(33,29(24,3)4)27-12-10-11-19-36-27/h23-27H,10-22H2,1-9H3. The van der Waals surface area contributed by atoms with E-state index in [0.717, 1.165) is 30.3 Å². The smallest absolute Gasteiger partial charge is 0.0642 e. The molecule has 10 unspecified atom stereocenters. The second-order valence-corrected chi connectivity index (χ2v) is 18.0. The zero-order valence-corrected chi connectivity index (χ0v) is 25.5. The molecule has 1 heterocycles. The third-order valence-electron chi connectivity index (χ3n) is 17.5. The van der Waals surface area contributed by atoms with Crippen LogP contribution in [0.5, 0.6) is 0 Å². The fourth-order valence-corrected chi connectivity index (χ4v) is 15.2. The van der Waals surface area contributed by atoms with Crippen LogP contribution in [0.2, 0.25) is 0 Å². The molecule has 6 bridgehead atoms. The maximum atomic E-state index is 6.91. The van der Waals surface area contributed by atoms with Crippen LogP contribution < -0.4 is 0 Å². The summed E-state index contributed by atoms with van der Waals surface area (Å²) in [7, 11) is 0. The van der Waals surface area contributed by atoms with Gasteiger partial charge in [0.2, 0.25) is 0 Å². The van der Waals surface area contributed by atoms with Crippen molar-refractivity contribution < 1.29 is 4.74 Å². The highest BCUT2D eigenvalue weighted by molar-refractivity contribution is 5.35. The molecule has 1 saturated heterocycles. The molecule has 10 rings (SSSR count). The summed E-state index contributed by atoms with van der Waals surface area (Å²) in [6.45, 7) is 25.8. The molecule has 10 atom stereocenters. The van der Waals surface area contributed by atoms with E-state index in [9.17, 15) is 0 Å². The molecule has 9 aliphatic carbocycles. The third kappa shape index (κ3) is 2.18. The largest absolute Gasteiger partial charge is 0.378 e. The first-order valence-corrected chi connectivity index (χ1v) is 16.3. The van der Waals surface area contributed by atoms with Gasteiger partial charge in [0, 0.05) is 12.0 Å². The van der Waals surface area contributed by atoms with E-state index in [0.29, 0.717) is 49.4 Å². The molecule has 10 fully saturated rings. The maximum Gasteiger partial charge on any atom is 0.0642 e. The Balaban J connectivity index is 1.43. The van der Waals surface area contributed by atoms with Crippen LogP contribution >= 0.6 is 0 Å². The number of ether oxygens (including phenoxy) is 1. The fraction of sp³-hybridized carbons (Fsp3) is 1.00. The van der Waals surface area contributed by atoms with Gasteiger partial charge in [-0.3, -0.25) is 0 Å². The van der Waals surface area contributed by atoms with Gasteiger partial charge in [0.25, 0.3) is 0 Å². The number of rotatable bonds is 3. The summed E-state index contributed by atoms with van der Waals surface area (Å²) in [6.07, 6.45) is 17.8. The van der Waals surface area contributed by atoms with Gasteiger partial charge in [-0.05, 0) is 139 Å². The molecule has 36 heavy (non-hydrogen) atoms. The summed E-state index contributed by atoms with van der Waals surface area (Å²) in [4.78, 5) is 0. The Hall–Kier alpha value is -0.0400. The number of fused-ring (bicyclic) bond motifs is 7. The van der Waals surface area contributed by atoms with Crippen molar-refractivity contribution in [3.05, 3.63) is 0 Å². The predicted octanol–water partition coefficient (Wildman–Crippen LogP) is 9.68. The van der Waals surface area contributed by atoms with Crippen LogP contribution in [0.1, 0.15) is 139 Å². The molecular weight excluding hydrogens is 436 g/mol. The zero-order valence-electron chi connectivity index (χ0n) is 25.5. The minimum atomic E-state index is 0.354. The summed E-state index contributed by atoms with van der Waals surface area (Å²) >= 11 is 0. The Morgan fingerprint density at radius 3 is 1.81 bits per heavy atom. The van der Waals surface area contributed by atoms with E-state index in [1.165, 1.54) is 77.0 Å². The van der Waals surface area contributed by atoms with Gasteiger partial charge in [-0.2, -0.15) is 0 Å². The summed E-state index contributed by atoms with van der Waals surface area (Å²) in [6, 6.07) is 0. The van der Waals surface area contributed by atoms with Gasteiger partial charge in [-0.15, -0.1) is 0 Å². The Kier molecular flexibility index (Phi) is 4.72. The van der Waals surface area contributed by atoms with Crippen LogP contribution in [-0.4, -0.2) is 12.7 Å². The minimum Gasteiger partial charge on any atom is -0.378 e. The van der Waals surface area contributed by atoms with Crippen molar-refractivity contribution >= 4 is 0 Å². The van der Waals surface area contributed by atoms with Crippen molar-refractivity contribution in [3.8, 4) is 0 Å². The van der Waals surface area contributed by atoms with Crippen LogP contribution in [0.25, 0.3) is 0 Å². The highest BCUT2D eigenvalue weighted by atomic mass is 16.5. The molecule has 0 aromatic rings. The average molecular weight is 495 g/mol. The lowest BCUT2D eigenvalue weighted by atomic mass is 9.15. The Bertz CT molecular complexity index is 952. The molecule has 9 saturated carbocycles. The van der Waals surface area contributed by atoms with Crippen molar-refractivity contribution in [1.29, 1.82) is 0 Å². The van der Waals surface area contributed by atoms with E-state index in [2.05, 4.69) is 62.3 Å². The first kappa shape index (κ1) is 25.0. The zero-order chi connectivity index (χ0) is 25.8. The third-order valence-corrected chi connectivity index (χ3v) is 17.5.